The van der Waals surface area contributed by atoms with Crippen molar-refractivity contribution in [3.8, 4) is 0 Å². The SMILES string of the molecule is CC1CCC(C(N)c2sccc2Br)(N(C)C)CC1. The average Bonchev–Trinajstić information content (AvgIpc) is 2.75. The predicted molar refractivity (Wildman–Crippen MR) is 83.0 cm³/mol. The molecule has 102 valence electrons. The van der Waals surface area contributed by atoms with Crippen LogP contribution in [-0.2, 0) is 0 Å². The summed E-state index contributed by atoms with van der Waals surface area (Å²) in [6.45, 7) is 2.35. The first-order valence-corrected chi connectivity index (χ1v) is 8.30. The minimum Gasteiger partial charge on any atom is -0.322 e. The van der Waals surface area contributed by atoms with Crippen molar-refractivity contribution in [1.82, 2.24) is 4.90 Å². The fourth-order valence-corrected chi connectivity index (χ4v) is 4.80. The van der Waals surface area contributed by atoms with Gasteiger partial charge in [-0.15, -0.1) is 11.3 Å². The highest BCUT2D eigenvalue weighted by molar-refractivity contribution is 9.10. The van der Waals surface area contributed by atoms with Gasteiger partial charge < -0.3 is 10.6 Å². The van der Waals surface area contributed by atoms with E-state index in [2.05, 4.69) is 53.3 Å². The van der Waals surface area contributed by atoms with Crippen LogP contribution in [0.15, 0.2) is 15.9 Å². The van der Waals surface area contributed by atoms with Crippen molar-refractivity contribution in [2.75, 3.05) is 14.1 Å². The second-order valence-electron chi connectivity index (χ2n) is 5.79. The zero-order chi connectivity index (χ0) is 13.3. The molecule has 2 nitrogen and oxygen atoms in total. The molecule has 1 atom stereocenters. The van der Waals surface area contributed by atoms with Crippen molar-refractivity contribution >= 4 is 27.3 Å². The zero-order valence-corrected chi connectivity index (χ0v) is 13.9. The summed E-state index contributed by atoms with van der Waals surface area (Å²) in [5.41, 5.74) is 6.76. The summed E-state index contributed by atoms with van der Waals surface area (Å²) in [6.07, 6.45) is 4.98. The number of hydrogen-bond acceptors (Lipinski definition) is 3. The van der Waals surface area contributed by atoms with E-state index in [9.17, 15) is 0 Å². The molecule has 0 spiro atoms. The molecule has 18 heavy (non-hydrogen) atoms. The van der Waals surface area contributed by atoms with Crippen LogP contribution in [-0.4, -0.2) is 24.5 Å². The summed E-state index contributed by atoms with van der Waals surface area (Å²) in [7, 11) is 4.36. The lowest BCUT2D eigenvalue weighted by molar-refractivity contribution is 0.0573. The molecule has 0 bridgehead atoms. The molecule has 0 saturated heterocycles. The predicted octanol–water partition coefficient (Wildman–Crippen LogP) is 4.02. The first kappa shape index (κ1) is 14.5. The topological polar surface area (TPSA) is 29.3 Å². The molecule has 1 fully saturated rings. The van der Waals surface area contributed by atoms with Crippen molar-refractivity contribution in [3.05, 3.63) is 20.8 Å². The highest BCUT2D eigenvalue weighted by Gasteiger charge is 2.42. The molecule has 1 saturated carbocycles. The second-order valence-corrected chi connectivity index (χ2v) is 7.59. The van der Waals surface area contributed by atoms with Crippen LogP contribution in [0.25, 0.3) is 0 Å². The van der Waals surface area contributed by atoms with Crippen LogP contribution in [0, 0.1) is 5.92 Å². The highest BCUT2D eigenvalue weighted by Crippen LogP contribution is 2.45. The highest BCUT2D eigenvalue weighted by atomic mass is 79.9. The molecule has 2 N–H and O–H groups in total. The minimum atomic E-state index is 0.106. The van der Waals surface area contributed by atoms with Gasteiger partial charge in [-0.2, -0.15) is 0 Å². The number of hydrogen-bond donors (Lipinski definition) is 1. The fraction of sp³-hybridized carbons (Fsp3) is 0.714. The third-order valence-electron chi connectivity index (χ3n) is 4.54. The summed E-state index contributed by atoms with van der Waals surface area (Å²) in [5, 5.41) is 2.12. The molecule has 2 rings (SSSR count). The van der Waals surface area contributed by atoms with Gasteiger partial charge in [0.05, 0.1) is 6.04 Å². The lowest BCUT2D eigenvalue weighted by Crippen LogP contribution is -2.54. The molecule has 0 aliphatic heterocycles. The van der Waals surface area contributed by atoms with Crippen molar-refractivity contribution in [2.45, 2.75) is 44.2 Å². The first-order valence-electron chi connectivity index (χ1n) is 6.63. The van der Waals surface area contributed by atoms with Crippen LogP contribution < -0.4 is 5.73 Å². The van der Waals surface area contributed by atoms with Gasteiger partial charge in [-0.1, -0.05) is 6.92 Å². The van der Waals surface area contributed by atoms with Crippen LogP contribution in [0.1, 0.15) is 43.5 Å². The molecule has 4 heteroatoms. The Kier molecular flexibility index (Phi) is 4.52. The van der Waals surface area contributed by atoms with Gasteiger partial charge in [-0.3, -0.25) is 0 Å². The third kappa shape index (κ3) is 2.53. The number of thiophene rings is 1. The minimum absolute atomic E-state index is 0.106. The molecule has 0 amide bonds. The lowest BCUT2D eigenvalue weighted by atomic mass is 9.72. The van der Waals surface area contributed by atoms with Crippen LogP contribution in [0.2, 0.25) is 0 Å². The van der Waals surface area contributed by atoms with Gasteiger partial charge in [-0.05, 0) is 73.1 Å². The summed E-state index contributed by atoms with van der Waals surface area (Å²) in [6, 6.07) is 2.21. The van der Waals surface area contributed by atoms with Gasteiger partial charge in [0.15, 0.2) is 0 Å². The van der Waals surface area contributed by atoms with Gasteiger partial charge in [0.25, 0.3) is 0 Å². The molecule has 1 aromatic heterocycles. The Bertz CT molecular complexity index is 394. The van der Waals surface area contributed by atoms with E-state index in [1.54, 1.807) is 11.3 Å². The van der Waals surface area contributed by atoms with E-state index in [0.717, 1.165) is 5.92 Å². The molecule has 1 aromatic rings. The molecule has 1 aliphatic carbocycles. The van der Waals surface area contributed by atoms with E-state index in [1.165, 1.54) is 35.0 Å². The molecular formula is C14H23BrN2S. The molecule has 1 unspecified atom stereocenters. The summed E-state index contributed by atoms with van der Waals surface area (Å²) < 4.78 is 1.17. The van der Waals surface area contributed by atoms with E-state index in [4.69, 9.17) is 5.73 Å². The van der Waals surface area contributed by atoms with Gasteiger partial charge in [-0.25, -0.2) is 0 Å². The zero-order valence-electron chi connectivity index (χ0n) is 11.4. The Hall–Kier alpha value is 0.1000. The Morgan fingerprint density at radius 3 is 2.50 bits per heavy atom. The molecule has 1 heterocycles. The molecular weight excluding hydrogens is 308 g/mol. The summed E-state index contributed by atoms with van der Waals surface area (Å²) >= 11 is 5.40. The third-order valence-corrected chi connectivity index (χ3v) is 6.49. The normalized spacial score (nSPS) is 30.7. The van der Waals surface area contributed by atoms with Crippen molar-refractivity contribution < 1.29 is 0 Å². The largest absolute Gasteiger partial charge is 0.322 e. The number of nitrogens with zero attached hydrogens (tertiary/aromatic N) is 1. The Morgan fingerprint density at radius 2 is 2.06 bits per heavy atom. The summed E-state index contributed by atoms with van der Waals surface area (Å²) in [4.78, 5) is 3.65. The average molecular weight is 331 g/mol. The monoisotopic (exact) mass is 330 g/mol. The van der Waals surface area contributed by atoms with Crippen LogP contribution in [0.3, 0.4) is 0 Å². The molecule has 0 radical (unpaired) electrons. The quantitative estimate of drug-likeness (QED) is 0.906. The fourth-order valence-electron chi connectivity index (χ4n) is 3.07. The van der Waals surface area contributed by atoms with E-state index in [-0.39, 0.29) is 11.6 Å². The number of rotatable bonds is 3. The maximum atomic E-state index is 6.64. The van der Waals surface area contributed by atoms with Crippen molar-refractivity contribution in [3.63, 3.8) is 0 Å². The first-order chi connectivity index (χ1) is 8.47. The van der Waals surface area contributed by atoms with E-state index in [0.29, 0.717) is 0 Å². The molecule has 0 aromatic carbocycles. The standard InChI is InChI=1S/C14H23BrN2S/c1-10-4-7-14(8-5-10,17(2)3)13(16)12-11(15)6-9-18-12/h6,9-10,13H,4-5,7-8,16H2,1-3H3. The van der Waals surface area contributed by atoms with Gasteiger partial charge >= 0.3 is 0 Å². The molecule has 1 aliphatic rings. The van der Waals surface area contributed by atoms with Gasteiger partial charge in [0.2, 0.25) is 0 Å². The van der Waals surface area contributed by atoms with Crippen LogP contribution in [0.4, 0.5) is 0 Å². The van der Waals surface area contributed by atoms with Crippen LogP contribution >= 0.6 is 27.3 Å². The smallest absolute Gasteiger partial charge is 0.0588 e. The second kappa shape index (κ2) is 5.61. The number of halogens is 1. The van der Waals surface area contributed by atoms with Crippen molar-refractivity contribution in [1.29, 1.82) is 0 Å². The maximum Gasteiger partial charge on any atom is 0.0588 e. The Balaban J connectivity index is 2.28. The number of nitrogens with two attached hydrogens (primary N) is 1. The maximum absolute atomic E-state index is 6.64. The summed E-state index contributed by atoms with van der Waals surface area (Å²) in [5.74, 6) is 0.844. The Labute approximate surface area is 123 Å². The lowest BCUT2D eigenvalue weighted by Gasteiger charge is -2.48. The van der Waals surface area contributed by atoms with E-state index < -0.39 is 0 Å². The Morgan fingerprint density at radius 1 is 1.44 bits per heavy atom. The van der Waals surface area contributed by atoms with Gasteiger partial charge in [0, 0.05) is 14.9 Å². The van der Waals surface area contributed by atoms with Crippen molar-refractivity contribution in [2.24, 2.45) is 11.7 Å². The van der Waals surface area contributed by atoms with Gasteiger partial charge in [0.1, 0.15) is 0 Å². The van der Waals surface area contributed by atoms with Crippen LogP contribution in [0.5, 0.6) is 0 Å². The number of likely N-dealkylation sites (N-methyl/N-ethyl adjacent to an activating group) is 1. The van der Waals surface area contributed by atoms with E-state index >= 15 is 0 Å². The van der Waals surface area contributed by atoms with E-state index in [1.807, 2.05) is 0 Å².